The number of hydrogen-bond donors (Lipinski definition) is 4. The molecule has 1 unspecified atom stereocenters. The number of carbonyl (C=O) groups is 3. The number of hydrogen-bond acceptors (Lipinski definition) is 7. The Morgan fingerprint density at radius 1 is 1.18 bits per heavy atom. The van der Waals surface area contributed by atoms with Crippen LogP contribution in [0.1, 0.15) is 36.4 Å². The quantitative estimate of drug-likeness (QED) is 0.157. The van der Waals surface area contributed by atoms with Crippen molar-refractivity contribution >= 4 is 58.8 Å². The summed E-state index contributed by atoms with van der Waals surface area (Å²) in [7, 11) is 0. The van der Waals surface area contributed by atoms with Crippen molar-refractivity contribution in [3.05, 3.63) is 63.8 Å². The van der Waals surface area contributed by atoms with E-state index in [9.17, 15) is 24.5 Å². The second-order valence-electron chi connectivity index (χ2n) is 7.04. The summed E-state index contributed by atoms with van der Waals surface area (Å²) in [6.07, 6.45) is 1.91. The Hall–Kier alpha value is -3.02. The van der Waals surface area contributed by atoms with Crippen molar-refractivity contribution in [1.29, 1.82) is 0 Å². The number of aryl methyl sites for hydroxylation is 1. The normalized spacial score (nSPS) is 10.9. The van der Waals surface area contributed by atoms with E-state index in [0.717, 1.165) is 0 Å². The molecule has 0 fully saturated rings. The number of rotatable bonds is 12. The van der Waals surface area contributed by atoms with Crippen LogP contribution in [0.25, 0.3) is 0 Å². The molecule has 2 amide bonds. The number of amides is 2. The van der Waals surface area contributed by atoms with Crippen LogP contribution in [0.15, 0.2) is 42.6 Å². The van der Waals surface area contributed by atoms with E-state index < -0.39 is 29.3 Å². The Morgan fingerprint density at radius 2 is 1.94 bits per heavy atom. The van der Waals surface area contributed by atoms with E-state index in [-0.39, 0.29) is 54.1 Å². The van der Waals surface area contributed by atoms with Crippen LogP contribution < -0.4 is 16.0 Å². The maximum absolute atomic E-state index is 12.2. The summed E-state index contributed by atoms with van der Waals surface area (Å²) < 4.78 is 0. The first-order valence-corrected chi connectivity index (χ1v) is 9.94. The molecule has 2 rings (SSSR count). The minimum atomic E-state index is -1.18. The van der Waals surface area contributed by atoms with E-state index in [1.807, 2.05) is 6.07 Å². The van der Waals surface area contributed by atoms with Crippen molar-refractivity contribution in [3.63, 3.8) is 0 Å². The molecule has 0 bridgehead atoms. The molecule has 0 spiro atoms. The Kier molecular flexibility index (Phi) is 12.0. The van der Waals surface area contributed by atoms with Gasteiger partial charge in [0, 0.05) is 30.8 Å². The van der Waals surface area contributed by atoms with Crippen molar-refractivity contribution < 1.29 is 24.4 Å². The van der Waals surface area contributed by atoms with Crippen molar-refractivity contribution in [3.8, 4) is 0 Å². The van der Waals surface area contributed by atoms with Gasteiger partial charge in [0.15, 0.2) is 0 Å². The van der Waals surface area contributed by atoms with Gasteiger partial charge in [-0.25, -0.2) is 4.98 Å². The predicted molar refractivity (Wildman–Crippen MR) is 123 cm³/mol. The molecule has 1 aromatic heterocycles. The van der Waals surface area contributed by atoms with Crippen LogP contribution in [0.2, 0.25) is 0 Å². The van der Waals surface area contributed by atoms with E-state index in [4.69, 9.17) is 5.11 Å². The first-order chi connectivity index (χ1) is 15.3. The van der Waals surface area contributed by atoms with Crippen LogP contribution in [0.4, 0.5) is 11.5 Å². The van der Waals surface area contributed by atoms with Crippen LogP contribution >= 0.6 is 0 Å². The second-order valence-corrected chi connectivity index (χ2v) is 7.04. The van der Waals surface area contributed by atoms with E-state index in [1.54, 1.807) is 25.3 Å². The summed E-state index contributed by atoms with van der Waals surface area (Å²) in [6.45, 7) is 1.76. The number of anilines is 1. The van der Waals surface area contributed by atoms with Gasteiger partial charge in [0.25, 0.3) is 5.69 Å². The number of nitro groups is 1. The van der Waals surface area contributed by atoms with Crippen molar-refractivity contribution in [2.45, 2.75) is 32.2 Å². The third-order valence-electron chi connectivity index (χ3n) is 4.54. The number of carbonyl (C=O) groups excluding carboxylic acids is 2. The van der Waals surface area contributed by atoms with Crippen LogP contribution in [0, 0.1) is 17.0 Å². The molecule has 0 aliphatic carbocycles. The third kappa shape index (κ3) is 9.98. The fraction of sp³-hybridized carbons (Fsp3) is 0.333. The molecule has 4 N–H and O–H groups in total. The van der Waals surface area contributed by atoms with E-state index in [1.165, 1.54) is 18.2 Å². The molecule has 11 nitrogen and oxygen atoms in total. The average molecular weight is 467 g/mol. The number of carboxylic acids is 1. The summed E-state index contributed by atoms with van der Waals surface area (Å²) in [4.78, 5) is 50.1. The summed E-state index contributed by atoms with van der Waals surface area (Å²) >= 11 is 0. The first-order valence-electron chi connectivity index (χ1n) is 9.94. The number of nitro benzene ring substituents is 1. The topological polar surface area (TPSA) is 164 Å². The van der Waals surface area contributed by atoms with Crippen molar-refractivity contribution in [1.82, 2.24) is 15.6 Å². The SMILES string of the molecule is Cc1ccc(C(CC(=O)O)NC(=O)CNC(=O)CCCNc2ccccn2)cc1[N+](=O)[O-].[NaH]. The zero-order valence-corrected chi connectivity index (χ0v) is 17.5. The standard InChI is InChI=1S/C21H25N5O6.Na.H/c1-14-7-8-15(11-17(14)26(31)32)16(12-21(29)30)25-20(28)13-24-19(27)6-4-10-23-18-5-2-3-9-22-18;;/h2-3,5,7-9,11,16H,4,6,10,12-13H2,1H3,(H,22,23)(H,24,27)(H,25,28)(H,29,30);;. The second kappa shape index (κ2) is 14.2. The first kappa shape index (κ1) is 28.0. The zero-order chi connectivity index (χ0) is 23.5. The number of carboxylic acid groups (broad SMARTS) is 1. The van der Waals surface area contributed by atoms with Crippen LogP contribution in [-0.4, -0.2) is 75.4 Å². The van der Waals surface area contributed by atoms with Gasteiger partial charge in [0.1, 0.15) is 5.82 Å². The van der Waals surface area contributed by atoms with Crippen molar-refractivity contribution in [2.75, 3.05) is 18.4 Å². The number of nitrogens with one attached hydrogen (secondary N) is 3. The van der Waals surface area contributed by atoms with Crippen LogP contribution in [0.3, 0.4) is 0 Å². The van der Waals surface area contributed by atoms with Gasteiger partial charge < -0.3 is 21.1 Å². The van der Waals surface area contributed by atoms with Crippen LogP contribution in [-0.2, 0) is 14.4 Å². The number of benzene rings is 1. The Morgan fingerprint density at radius 3 is 2.58 bits per heavy atom. The van der Waals surface area contributed by atoms with E-state index in [0.29, 0.717) is 29.9 Å². The number of nitrogens with zero attached hydrogens (tertiary/aromatic N) is 2. The molecule has 33 heavy (non-hydrogen) atoms. The van der Waals surface area contributed by atoms with Crippen LogP contribution in [0.5, 0.6) is 0 Å². The van der Waals surface area contributed by atoms with Gasteiger partial charge in [-0.2, -0.15) is 0 Å². The average Bonchev–Trinajstić information content (AvgIpc) is 2.75. The molecule has 1 heterocycles. The Balaban J connectivity index is 0.00000544. The molecule has 0 saturated carbocycles. The molecule has 0 aliphatic heterocycles. The summed E-state index contributed by atoms with van der Waals surface area (Å²) in [5.41, 5.74) is 0.550. The predicted octanol–water partition coefficient (Wildman–Crippen LogP) is 1.29. The third-order valence-corrected chi connectivity index (χ3v) is 4.54. The van der Waals surface area contributed by atoms with E-state index in [2.05, 4.69) is 20.9 Å². The molecule has 12 heteroatoms. The molecule has 0 aliphatic rings. The molecule has 0 radical (unpaired) electrons. The summed E-state index contributed by atoms with van der Waals surface area (Å²) in [6, 6.07) is 8.74. The fourth-order valence-corrected chi connectivity index (χ4v) is 2.91. The van der Waals surface area contributed by atoms with Gasteiger partial charge >= 0.3 is 35.5 Å². The van der Waals surface area contributed by atoms with Crippen molar-refractivity contribution in [2.24, 2.45) is 0 Å². The van der Waals surface area contributed by atoms with Gasteiger partial charge in [0.05, 0.1) is 23.9 Å². The number of aliphatic carboxylic acids is 1. The maximum atomic E-state index is 12.2. The monoisotopic (exact) mass is 467 g/mol. The Bertz CT molecular complexity index is 973. The molecule has 0 saturated heterocycles. The number of pyridine rings is 1. The van der Waals surface area contributed by atoms with Gasteiger partial charge in [-0.05, 0) is 31.0 Å². The summed E-state index contributed by atoms with van der Waals surface area (Å²) in [5.74, 6) is -1.40. The molecular weight excluding hydrogens is 441 g/mol. The molecule has 1 aromatic carbocycles. The zero-order valence-electron chi connectivity index (χ0n) is 17.5. The number of aromatic nitrogens is 1. The minimum absolute atomic E-state index is 0. The molecule has 1 atom stereocenters. The Labute approximate surface area is 212 Å². The summed E-state index contributed by atoms with van der Waals surface area (Å²) in [5, 5.41) is 28.4. The van der Waals surface area contributed by atoms with E-state index >= 15 is 0 Å². The van der Waals surface area contributed by atoms with Gasteiger partial charge in [-0.3, -0.25) is 24.5 Å². The fourth-order valence-electron chi connectivity index (χ4n) is 2.91. The molecule has 2 aromatic rings. The molecular formula is C21H26N5NaO6. The molecule has 172 valence electrons. The van der Waals surface area contributed by atoms with Gasteiger partial charge in [-0.15, -0.1) is 0 Å². The van der Waals surface area contributed by atoms with Gasteiger partial charge in [-0.1, -0.05) is 18.2 Å². The van der Waals surface area contributed by atoms with Gasteiger partial charge in [0.2, 0.25) is 11.8 Å².